The first-order valence-electron chi connectivity index (χ1n) is 11.4. The fourth-order valence-electron chi connectivity index (χ4n) is 3.68. The number of unbranched alkanes of at least 4 members (excludes halogenated alkanes) is 13. The zero-order chi connectivity index (χ0) is 18.7. The number of rotatable bonds is 18. The lowest BCUT2D eigenvalue weighted by molar-refractivity contribution is 0.184. The van der Waals surface area contributed by atoms with Crippen LogP contribution in [0.15, 0.2) is 17.1 Å². The van der Waals surface area contributed by atoms with Gasteiger partial charge in [-0.1, -0.05) is 96.1 Å². The van der Waals surface area contributed by atoms with Crippen LogP contribution in [0, 0.1) is 0 Å². The summed E-state index contributed by atoms with van der Waals surface area (Å²) in [5, 5.41) is 9.04. The maximum atomic E-state index is 9.04. The summed E-state index contributed by atoms with van der Waals surface area (Å²) >= 11 is 0. The number of allylic oxidation sites excluding steroid dienone is 1. The Morgan fingerprint density at radius 3 is 2.04 bits per heavy atom. The normalized spacial score (nSPS) is 17.7. The van der Waals surface area contributed by atoms with E-state index in [1.807, 2.05) is 6.21 Å². The average Bonchev–Trinajstić information content (AvgIpc) is 3.09. The van der Waals surface area contributed by atoms with E-state index in [0.717, 1.165) is 19.5 Å². The van der Waals surface area contributed by atoms with Gasteiger partial charge in [-0.15, -0.1) is 0 Å². The van der Waals surface area contributed by atoms with Crippen LogP contribution in [0.2, 0.25) is 0 Å². The Hall–Kier alpha value is -0.670. The summed E-state index contributed by atoms with van der Waals surface area (Å²) in [5.41, 5.74) is 0. The third kappa shape index (κ3) is 12.6. The largest absolute Gasteiger partial charge is 0.395 e. The van der Waals surface area contributed by atoms with Gasteiger partial charge in [0.15, 0.2) is 0 Å². The van der Waals surface area contributed by atoms with Crippen LogP contribution in [0.25, 0.3) is 0 Å². The predicted molar refractivity (Wildman–Crippen MR) is 115 cm³/mol. The molecule has 0 saturated heterocycles. The number of nitrogens with zero attached hydrogens (tertiary/aromatic N) is 2. The van der Waals surface area contributed by atoms with Gasteiger partial charge >= 0.3 is 0 Å². The minimum Gasteiger partial charge on any atom is -0.395 e. The van der Waals surface area contributed by atoms with Crippen molar-refractivity contribution >= 4 is 6.21 Å². The first-order chi connectivity index (χ1) is 12.9. The molecule has 1 rings (SSSR count). The van der Waals surface area contributed by atoms with E-state index in [1.165, 1.54) is 89.9 Å². The van der Waals surface area contributed by atoms with Crippen molar-refractivity contribution in [1.29, 1.82) is 0 Å². The van der Waals surface area contributed by atoms with Crippen LogP contribution in [-0.2, 0) is 0 Å². The summed E-state index contributed by atoms with van der Waals surface area (Å²) in [6, 6.07) is 0. The average molecular weight is 365 g/mol. The van der Waals surface area contributed by atoms with E-state index in [0.29, 0.717) is 0 Å². The number of aliphatic hydroxyl groups excluding tert-OH is 1. The van der Waals surface area contributed by atoms with Crippen molar-refractivity contribution in [3.63, 3.8) is 0 Å². The number of hydrogen-bond donors (Lipinski definition) is 1. The molecule has 1 N–H and O–H groups in total. The fourth-order valence-corrected chi connectivity index (χ4v) is 3.68. The van der Waals surface area contributed by atoms with Crippen LogP contribution in [0.1, 0.15) is 103 Å². The Morgan fingerprint density at radius 1 is 0.885 bits per heavy atom. The van der Waals surface area contributed by atoms with E-state index in [4.69, 9.17) is 5.11 Å². The predicted octanol–water partition coefficient (Wildman–Crippen LogP) is 6.12. The van der Waals surface area contributed by atoms with Crippen molar-refractivity contribution < 1.29 is 5.11 Å². The fraction of sp³-hybridized carbons (Fsp3) is 0.870. The number of β-amino-alcohol motifs (C(OH)–C–C–N with tert-alkyl or cyclic N) is 1. The molecule has 0 aliphatic carbocycles. The highest BCUT2D eigenvalue weighted by molar-refractivity contribution is 5.62. The van der Waals surface area contributed by atoms with Crippen LogP contribution in [-0.4, -0.2) is 42.1 Å². The second-order valence-electron chi connectivity index (χ2n) is 7.77. The lowest BCUT2D eigenvalue weighted by Gasteiger charge is -2.20. The standard InChI is InChI=1S/C23H44N2O/c1-2-3-4-5-6-7-8-9-10-11-12-13-14-15-16-17-18-23-24-19-20-25(23)21-22-26/h16-17,19,23,26H,2-15,18,20-22H2,1H3/b17-16+. The van der Waals surface area contributed by atoms with E-state index in [-0.39, 0.29) is 12.8 Å². The maximum absolute atomic E-state index is 9.04. The van der Waals surface area contributed by atoms with Gasteiger partial charge in [0.05, 0.1) is 6.61 Å². The summed E-state index contributed by atoms with van der Waals surface area (Å²) in [5.74, 6) is 0. The first kappa shape index (κ1) is 23.4. The van der Waals surface area contributed by atoms with Gasteiger partial charge in [0.25, 0.3) is 0 Å². The molecular weight excluding hydrogens is 320 g/mol. The molecule has 3 heteroatoms. The van der Waals surface area contributed by atoms with Gasteiger partial charge in [-0.3, -0.25) is 9.89 Å². The molecule has 26 heavy (non-hydrogen) atoms. The van der Waals surface area contributed by atoms with Crippen LogP contribution < -0.4 is 0 Å². The molecule has 1 heterocycles. The zero-order valence-corrected chi connectivity index (χ0v) is 17.4. The van der Waals surface area contributed by atoms with Crippen molar-refractivity contribution in [2.24, 2.45) is 4.99 Å². The lowest BCUT2D eigenvalue weighted by Crippen LogP contribution is -2.32. The van der Waals surface area contributed by atoms with Gasteiger partial charge < -0.3 is 5.11 Å². The molecule has 0 amide bonds. The van der Waals surface area contributed by atoms with Crippen LogP contribution in [0.4, 0.5) is 0 Å². The molecule has 0 aromatic heterocycles. The zero-order valence-electron chi connectivity index (χ0n) is 17.4. The quantitative estimate of drug-likeness (QED) is 0.235. The Labute approximate surface area is 163 Å². The molecule has 0 aromatic rings. The SMILES string of the molecule is CCCCCCCCCCCCCCC/C=C/CC1N=CCN1CCO. The summed E-state index contributed by atoms with van der Waals surface area (Å²) < 4.78 is 0. The highest BCUT2D eigenvalue weighted by Gasteiger charge is 2.18. The first-order valence-corrected chi connectivity index (χ1v) is 11.4. The van der Waals surface area contributed by atoms with Gasteiger partial charge in [0.2, 0.25) is 0 Å². The molecule has 1 aliphatic heterocycles. The molecule has 0 radical (unpaired) electrons. The molecule has 152 valence electrons. The number of hydrogen-bond acceptors (Lipinski definition) is 3. The van der Waals surface area contributed by atoms with Crippen LogP contribution in [0.5, 0.6) is 0 Å². The second-order valence-corrected chi connectivity index (χ2v) is 7.77. The smallest absolute Gasteiger partial charge is 0.105 e. The van der Waals surface area contributed by atoms with Gasteiger partial charge in [-0.05, 0) is 12.8 Å². The molecule has 0 saturated carbocycles. The number of aliphatic hydroxyl groups is 1. The van der Waals surface area contributed by atoms with E-state index < -0.39 is 0 Å². The monoisotopic (exact) mass is 364 g/mol. The summed E-state index contributed by atoms with van der Waals surface area (Å²) in [4.78, 5) is 6.71. The van der Waals surface area contributed by atoms with Crippen molar-refractivity contribution in [3.05, 3.63) is 12.2 Å². The van der Waals surface area contributed by atoms with Crippen molar-refractivity contribution in [2.75, 3.05) is 19.7 Å². The maximum Gasteiger partial charge on any atom is 0.105 e. The Morgan fingerprint density at radius 2 is 1.46 bits per heavy atom. The van der Waals surface area contributed by atoms with Gasteiger partial charge in [-0.2, -0.15) is 0 Å². The molecular formula is C23H44N2O. The Bertz CT molecular complexity index is 354. The summed E-state index contributed by atoms with van der Waals surface area (Å²) in [6.45, 7) is 4.13. The molecule has 0 spiro atoms. The molecule has 0 aromatic carbocycles. The molecule has 0 bridgehead atoms. The van der Waals surface area contributed by atoms with E-state index in [9.17, 15) is 0 Å². The molecule has 0 fully saturated rings. The molecule has 1 atom stereocenters. The topological polar surface area (TPSA) is 35.8 Å². The highest BCUT2D eigenvalue weighted by Crippen LogP contribution is 2.14. The van der Waals surface area contributed by atoms with Crippen LogP contribution >= 0.6 is 0 Å². The number of aliphatic imine (C=N–C) groups is 1. The third-order valence-corrected chi connectivity index (χ3v) is 5.39. The lowest BCUT2D eigenvalue weighted by atomic mass is 10.0. The summed E-state index contributed by atoms with van der Waals surface area (Å²) in [6.07, 6.45) is 27.4. The van der Waals surface area contributed by atoms with Gasteiger partial charge in [0.1, 0.15) is 6.17 Å². The van der Waals surface area contributed by atoms with E-state index >= 15 is 0 Å². The third-order valence-electron chi connectivity index (χ3n) is 5.39. The molecule has 1 unspecified atom stereocenters. The molecule has 1 aliphatic rings. The van der Waals surface area contributed by atoms with Gasteiger partial charge in [-0.25, -0.2) is 0 Å². The van der Waals surface area contributed by atoms with E-state index in [1.54, 1.807) is 0 Å². The van der Waals surface area contributed by atoms with E-state index in [2.05, 4.69) is 29.0 Å². The van der Waals surface area contributed by atoms with Gasteiger partial charge in [0, 0.05) is 25.7 Å². The van der Waals surface area contributed by atoms with Crippen molar-refractivity contribution in [1.82, 2.24) is 4.90 Å². The Balaban J connectivity index is 1.80. The molecule has 3 nitrogen and oxygen atoms in total. The summed E-state index contributed by atoms with van der Waals surface area (Å²) in [7, 11) is 0. The second kappa shape index (κ2) is 17.7. The van der Waals surface area contributed by atoms with Crippen molar-refractivity contribution in [2.45, 2.75) is 109 Å². The minimum atomic E-state index is 0.225. The van der Waals surface area contributed by atoms with Crippen molar-refractivity contribution in [3.8, 4) is 0 Å². The highest BCUT2D eigenvalue weighted by atomic mass is 16.3. The van der Waals surface area contributed by atoms with Crippen LogP contribution in [0.3, 0.4) is 0 Å². The minimum absolute atomic E-state index is 0.225. The Kier molecular flexibility index (Phi) is 15.9.